The Labute approximate surface area is 101 Å². The summed E-state index contributed by atoms with van der Waals surface area (Å²) in [5.74, 6) is -2.20. The van der Waals surface area contributed by atoms with Crippen LogP contribution in [0.2, 0.25) is 0 Å². The summed E-state index contributed by atoms with van der Waals surface area (Å²) in [5, 5.41) is 8.15. The van der Waals surface area contributed by atoms with E-state index < -0.39 is 17.5 Å². The molecule has 0 aliphatic heterocycles. The van der Waals surface area contributed by atoms with Crippen LogP contribution >= 0.6 is 0 Å². The van der Waals surface area contributed by atoms with Gasteiger partial charge in [0.05, 0.1) is 0 Å². The number of carbonyl (C=O) groups is 1. The number of amides is 1. The summed E-state index contributed by atoms with van der Waals surface area (Å²) in [6.45, 7) is 0. The van der Waals surface area contributed by atoms with Gasteiger partial charge in [-0.05, 0) is 12.1 Å². The molecule has 0 radical (unpaired) electrons. The molecule has 5 nitrogen and oxygen atoms in total. The number of aromatic nitrogens is 1. The lowest BCUT2D eigenvalue weighted by molar-refractivity contribution is 0.102. The second-order valence-corrected chi connectivity index (χ2v) is 3.40. The summed E-state index contributed by atoms with van der Waals surface area (Å²) in [5.41, 5.74) is -0.431. The second-order valence-electron chi connectivity index (χ2n) is 3.40. The predicted molar refractivity (Wildman–Crippen MR) is 60.4 cm³/mol. The van der Waals surface area contributed by atoms with Crippen LogP contribution in [0.1, 0.15) is 10.4 Å². The fraction of sp³-hybridized carbons (Fsp3) is 0.0909. The standard InChI is InChI=1S/C11H9F2N3O2/c1-14-10-7(12)4-6(5-8(10)13)11(17)15-9-2-3-18-16-9/h2-5,14H,1H3,(H,15,16,17). The first-order valence-electron chi connectivity index (χ1n) is 5.00. The molecule has 0 bridgehead atoms. The van der Waals surface area contributed by atoms with Crippen LogP contribution in [0.4, 0.5) is 20.3 Å². The Balaban J connectivity index is 2.26. The molecule has 0 fully saturated rings. The highest BCUT2D eigenvalue weighted by molar-refractivity contribution is 6.03. The smallest absolute Gasteiger partial charge is 0.257 e. The second kappa shape index (κ2) is 4.82. The van der Waals surface area contributed by atoms with Crippen molar-refractivity contribution in [2.24, 2.45) is 0 Å². The molecule has 0 unspecified atom stereocenters. The maximum absolute atomic E-state index is 13.4. The zero-order valence-corrected chi connectivity index (χ0v) is 9.33. The molecular formula is C11H9F2N3O2. The monoisotopic (exact) mass is 253 g/mol. The van der Waals surface area contributed by atoms with E-state index in [2.05, 4.69) is 20.3 Å². The summed E-state index contributed by atoms with van der Waals surface area (Å²) in [7, 11) is 1.39. The minimum atomic E-state index is -0.845. The van der Waals surface area contributed by atoms with Gasteiger partial charge < -0.3 is 15.2 Å². The van der Waals surface area contributed by atoms with Gasteiger partial charge in [0.2, 0.25) is 0 Å². The van der Waals surface area contributed by atoms with Gasteiger partial charge in [0, 0.05) is 18.7 Å². The average Bonchev–Trinajstić information content (AvgIpc) is 2.81. The molecule has 1 amide bonds. The predicted octanol–water partition coefficient (Wildman–Crippen LogP) is 2.25. The maximum Gasteiger partial charge on any atom is 0.257 e. The van der Waals surface area contributed by atoms with E-state index in [0.717, 1.165) is 12.1 Å². The normalized spacial score (nSPS) is 10.2. The Kier molecular flexibility index (Phi) is 3.22. The van der Waals surface area contributed by atoms with Crippen LogP contribution in [0, 0.1) is 11.6 Å². The van der Waals surface area contributed by atoms with Crippen LogP contribution in [0.25, 0.3) is 0 Å². The van der Waals surface area contributed by atoms with Gasteiger partial charge in [-0.1, -0.05) is 5.16 Å². The fourth-order valence-corrected chi connectivity index (χ4v) is 1.41. The molecular weight excluding hydrogens is 244 g/mol. The highest BCUT2D eigenvalue weighted by Gasteiger charge is 2.15. The summed E-state index contributed by atoms with van der Waals surface area (Å²) >= 11 is 0. The average molecular weight is 253 g/mol. The molecule has 2 N–H and O–H groups in total. The maximum atomic E-state index is 13.4. The summed E-state index contributed by atoms with van der Waals surface area (Å²) in [6.07, 6.45) is 1.26. The molecule has 0 aliphatic rings. The van der Waals surface area contributed by atoms with E-state index in [9.17, 15) is 13.6 Å². The molecule has 0 saturated carbocycles. The Hall–Kier alpha value is -2.44. The quantitative estimate of drug-likeness (QED) is 0.880. The number of halogens is 2. The Morgan fingerprint density at radius 2 is 2.00 bits per heavy atom. The van der Waals surface area contributed by atoms with Crippen LogP contribution in [0.5, 0.6) is 0 Å². The molecule has 0 aliphatic carbocycles. The lowest BCUT2D eigenvalue weighted by Crippen LogP contribution is -2.13. The largest absolute Gasteiger partial charge is 0.383 e. The Bertz CT molecular complexity index is 547. The summed E-state index contributed by atoms with van der Waals surface area (Å²) in [4.78, 5) is 11.7. The lowest BCUT2D eigenvalue weighted by atomic mass is 10.1. The van der Waals surface area contributed by atoms with E-state index in [4.69, 9.17) is 0 Å². The van der Waals surface area contributed by atoms with Crippen molar-refractivity contribution in [1.82, 2.24) is 5.16 Å². The Morgan fingerprint density at radius 1 is 1.33 bits per heavy atom. The number of hydrogen-bond acceptors (Lipinski definition) is 4. The molecule has 2 rings (SSSR count). The third kappa shape index (κ3) is 2.29. The SMILES string of the molecule is CNc1c(F)cc(C(=O)Nc2ccon2)cc1F. The lowest BCUT2D eigenvalue weighted by Gasteiger charge is -2.07. The van der Waals surface area contributed by atoms with Crippen LogP contribution in [-0.2, 0) is 0 Å². The summed E-state index contributed by atoms with van der Waals surface area (Å²) in [6, 6.07) is 3.28. The summed E-state index contributed by atoms with van der Waals surface area (Å²) < 4.78 is 31.4. The van der Waals surface area contributed by atoms with Gasteiger partial charge >= 0.3 is 0 Å². The molecule has 18 heavy (non-hydrogen) atoms. The van der Waals surface area contributed by atoms with Crippen LogP contribution in [-0.4, -0.2) is 18.1 Å². The van der Waals surface area contributed by atoms with Crippen molar-refractivity contribution in [3.63, 3.8) is 0 Å². The van der Waals surface area contributed by atoms with Crippen molar-refractivity contribution in [3.05, 3.63) is 41.7 Å². The van der Waals surface area contributed by atoms with E-state index in [-0.39, 0.29) is 17.1 Å². The first kappa shape index (κ1) is 12.0. The number of rotatable bonds is 3. The van der Waals surface area contributed by atoms with Crippen LogP contribution in [0.15, 0.2) is 29.0 Å². The molecule has 2 aromatic rings. The topological polar surface area (TPSA) is 67.2 Å². The van der Waals surface area contributed by atoms with Gasteiger partial charge in [0.25, 0.3) is 5.91 Å². The van der Waals surface area contributed by atoms with Crippen molar-refractivity contribution in [1.29, 1.82) is 0 Å². The zero-order chi connectivity index (χ0) is 13.1. The third-order valence-electron chi connectivity index (χ3n) is 2.23. The Morgan fingerprint density at radius 3 is 2.50 bits per heavy atom. The van der Waals surface area contributed by atoms with Crippen molar-refractivity contribution in [3.8, 4) is 0 Å². The minimum absolute atomic E-state index is 0.146. The number of carbonyl (C=O) groups excluding carboxylic acids is 1. The molecule has 1 aromatic carbocycles. The number of hydrogen-bond donors (Lipinski definition) is 2. The molecule has 1 heterocycles. The van der Waals surface area contributed by atoms with Gasteiger partial charge in [-0.3, -0.25) is 4.79 Å². The number of nitrogens with zero attached hydrogens (tertiary/aromatic N) is 1. The van der Waals surface area contributed by atoms with Crippen LogP contribution in [0.3, 0.4) is 0 Å². The van der Waals surface area contributed by atoms with E-state index >= 15 is 0 Å². The van der Waals surface area contributed by atoms with Crippen LogP contribution < -0.4 is 10.6 Å². The minimum Gasteiger partial charge on any atom is -0.383 e. The fourth-order valence-electron chi connectivity index (χ4n) is 1.41. The van der Waals surface area contributed by atoms with E-state index in [1.54, 1.807) is 0 Å². The highest BCUT2D eigenvalue weighted by atomic mass is 19.1. The van der Waals surface area contributed by atoms with Gasteiger partial charge in [0.1, 0.15) is 23.6 Å². The van der Waals surface area contributed by atoms with Crippen molar-refractivity contribution in [2.45, 2.75) is 0 Å². The number of benzene rings is 1. The molecule has 0 atom stereocenters. The number of anilines is 2. The first-order chi connectivity index (χ1) is 8.61. The molecule has 0 spiro atoms. The van der Waals surface area contributed by atoms with Gasteiger partial charge in [-0.15, -0.1) is 0 Å². The van der Waals surface area contributed by atoms with Crippen molar-refractivity contribution >= 4 is 17.4 Å². The zero-order valence-electron chi connectivity index (χ0n) is 9.33. The van der Waals surface area contributed by atoms with E-state index in [1.165, 1.54) is 19.4 Å². The molecule has 94 valence electrons. The van der Waals surface area contributed by atoms with E-state index in [0.29, 0.717) is 0 Å². The molecule has 1 aromatic heterocycles. The van der Waals surface area contributed by atoms with Gasteiger partial charge in [-0.2, -0.15) is 0 Å². The molecule has 0 saturated heterocycles. The highest BCUT2D eigenvalue weighted by Crippen LogP contribution is 2.20. The third-order valence-corrected chi connectivity index (χ3v) is 2.23. The first-order valence-corrected chi connectivity index (χ1v) is 5.00. The van der Waals surface area contributed by atoms with Crippen molar-refractivity contribution < 1.29 is 18.1 Å². The number of nitrogens with one attached hydrogen (secondary N) is 2. The van der Waals surface area contributed by atoms with Gasteiger partial charge in [0.15, 0.2) is 5.82 Å². The van der Waals surface area contributed by atoms with E-state index in [1.807, 2.05) is 0 Å². The van der Waals surface area contributed by atoms with Crippen molar-refractivity contribution in [2.75, 3.05) is 17.7 Å². The van der Waals surface area contributed by atoms with Gasteiger partial charge in [-0.25, -0.2) is 8.78 Å². The molecule has 7 heteroatoms.